The maximum absolute atomic E-state index is 12.7. The van der Waals surface area contributed by atoms with Gasteiger partial charge in [0.05, 0.1) is 31.3 Å². The van der Waals surface area contributed by atoms with Gasteiger partial charge in [-0.3, -0.25) is 13.8 Å². The van der Waals surface area contributed by atoms with E-state index < -0.39 is 75.2 Å². The lowest BCUT2D eigenvalue weighted by molar-refractivity contribution is -0.220. The van der Waals surface area contributed by atoms with E-state index in [4.69, 9.17) is 9.05 Å². The van der Waals surface area contributed by atoms with Gasteiger partial charge in [0.15, 0.2) is 0 Å². The maximum Gasteiger partial charge on any atom is 0.472 e. The van der Waals surface area contributed by atoms with E-state index in [1.165, 1.54) is 51.0 Å². The lowest BCUT2D eigenvalue weighted by atomic mass is 9.85. The first-order chi connectivity index (χ1) is 23.8. The summed E-state index contributed by atoms with van der Waals surface area (Å²) in [5, 5.41) is 73.3. The van der Waals surface area contributed by atoms with Gasteiger partial charge in [-0.2, -0.15) is 0 Å². The van der Waals surface area contributed by atoms with E-state index in [1.807, 2.05) is 6.92 Å². The molecule has 50 heavy (non-hydrogen) atoms. The first kappa shape index (κ1) is 46.5. The van der Waals surface area contributed by atoms with Gasteiger partial charge in [-0.15, -0.1) is 0 Å². The first-order valence-corrected chi connectivity index (χ1v) is 20.0. The smallest absolute Gasteiger partial charge is 0.393 e. The van der Waals surface area contributed by atoms with Crippen LogP contribution in [0.1, 0.15) is 123 Å². The van der Waals surface area contributed by atoms with Crippen LogP contribution in [-0.4, -0.2) is 108 Å². The second-order valence-electron chi connectivity index (χ2n) is 13.3. The van der Waals surface area contributed by atoms with E-state index >= 15 is 0 Å². The number of unbranched alkanes of at least 4 members (excludes halogenated alkanes) is 12. The number of hydrogen-bond acceptors (Lipinski definition) is 11. The van der Waals surface area contributed by atoms with Gasteiger partial charge >= 0.3 is 7.82 Å². The van der Waals surface area contributed by atoms with Crippen molar-refractivity contribution in [2.45, 2.75) is 178 Å². The van der Waals surface area contributed by atoms with Gasteiger partial charge in [-0.05, 0) is 38.5 Å². The van der Waals surface area contributed by atoms with Crippen molar-refractivity contribution in [2.24, 2.45) is 0 Å². The number of rotatable bonds is 28. The van der Waals surface area contributed by atoms with Gasteiger partial charge in [-0.1, -0.05) is 115 Å². The number of aliphatic hydroxyl groups excluding tert-OH is 7. The molecular weight excluding hydrogens is 669 g/mol. The van der Waals surface area contributed by atoms with Crippen LogP contribution in [0.5, 0.6) is 0 Å². The van der Waals surface area contributed by atoms with Crippen molar-refractivity contribution in [3.63, 3.8) is 0 Å². The molecule has 0 radical (unpaired) electrons. The molecule has 13 nitrogen and oxygen atoms in total. The van der Waals surface area contributed by atoms with Gasteiger partial charge < -0.3 is 46.0 Å². The molecule has 8 atom stereocenters. The summed E-state index contributed by atoms with van der Waals surface area (Å²) in [6.45, 7) is 3.40. The van der Waals surface area contributed by atoms with Crippen LogP contribution in [0.25, 0.3) is 0 Å². The minimum Gasteiger partial charge on any atom is -0.393 e. The van der Waals surface area contributed by atoms with Gasteiger partial charge in [0.25, 0.3) is 0 Å². The van der Waals surface area contributed by atoms with Crippen molar-refractivity contribution < 1.29 is 59.0 Å². The summed E-state index contributed by atoms with van der Waals surface area (Å²) in [6, 6.07) is -1.24. The molecule has 9 N–H and O–H groups in total. The second-order valence-corrected chi connectivity index (χ2v) is 14.7. The largest absolute Gasteiger partial charge is 0.472 e. The molecule has 1 aliphatic carbocycles. The summed E-state index contributed by atoms with van der Waals surface area (Å²) in [5.74, 6) is -0.612. The Morgan fingerprint density at radius 1 is 0.720 bits per heavy atom. The average molecular weight is 736 g/mol. The highest BCUT2D eigenvalue weighted by Crippen LogP contribution is 2.47. The fourth-order valence-electron chi connectivity index (χ4n) is 5.59. The number of aliphatic hydroxyl groups is 7. The van der Waals surface area contributed by atoms with E-state index in [0.717, 1.165) is 44.9 Å². The van der Waals surface area contributed by atoms with Crippen LogP contribution in [0.4, 0.5) is 0 Å². The van der Waals surface area contributed by atoms with Crippen molar-refractivity contribution in [3.05, 3.63) is 36.5 Å². The number of amides is 1. The molecule has 0 heterocycles. The fraction of sp³-hybridized carbons (Fsp3) is 0.806. The topological polar surface area (TPSA) is 226 Å². The van der Waals surface area contributed by atoms with Crippen molar-refractivity contribution in [1.82, 2.24) is 5.32 Å². The Kier molecular flexibility index (Phi) is 25.3. The zero-order chi connectivity index (χ0) is 37.4. The van der Waals surface area contributed by atoms with E-state index in [1.54, 1.807) is 6.08 Å². The van der Waals surface area contributed by atoms with Crippen LogP contribution in [0, 0.1) is 0 Å². The summed E-state index contributed by atoms with van der Waals surface area (Å²) >= 11 is 0. The SMILES string of the molecule is CCC/C=C/C(O)C(COP(=O)(O)OC1C(O)C(O)C(O)C(O)C1O)NC(=O)CC(O)CCCCCCCCCC/C=C\C=C/CCCCC. The van der Waals surface area contributed by atoms with Gasteiger partial charge in [0, 0.05) is 0 Å². The highest BCUT2D eigenvalue weighted by molar-refractivity contribution is 7.47. The number of hydrogen-bond donors (Lipinski definition) is 9. The number of nitrogens with one attached hydrogen (secondary N) is 1. The molecule has 0 aromatic heterocycles. The molecule has 1 rings (SSSR count). The lowest BCUT2D eigenvalue weighted by Crippen LogP contribution is -2.64. The minimum atomic E-state index is -5.11. The van der Waals surface area contributed by atoms with E-state index in [0.29, 0.717) is 12.8 Å². The van der Waals surface area contributed by atoms with Crippen molar-refractivity contribution >= 4 is 13.7 Å². The number of allylic oxidation sites excluding steroid dienone is 5. The van der Waals surface area contributed by atoms with E-state index in [2.05, 4.69) is 36.5 Å². The molecule has 1 saturated carbocycles. The molecule has 292 valence electrons. The lowest BCUT2D eigenvalue weighted by Gasteiger charge is -2.41. The van der Waals surface area contributed by atoms with Crippen LogP contribution < -0.4 is 5.32 Å². The monoisotopic (exact) mass is 735 g/mol. The summed E-state index contributed by atoms with van der Waals surface area (Å²) in [7, 11) is -5.11. The molecule has 0 aromatic rings. The molecule has 0 aromatic carbocycles. The highest BCUT2D eigenvalue weighted by Gasteiger charge is 2.51. The Labute approximate surface area is 298 Å². The van der Waals surface area contributed by atoms with Crippen molar-refractivity contribution in [1.29, 1.82) is 0 Å². The predicted molar refractivity (Wildman–Crippen MR) is 192 cm³/mol. The van der Waals surface area contributed by atoms with Crippen LogP contribution in [0.15, 0.2) is 36.5 Å². The molecule has 1 amide bonds. The molecule has 1 aliphatic rings. The highest BCUT2D eigenvalue weighted by atomic mass is 31.2. The van der Waals surface area contributed by atoms with Crippen molar-refractivity contribution in [2.75, 3.05) is 6.61 Å². The zero-order valence-electron chi connectivity index (χ0n) is 30.0. The zero-order valence-corrected chi connectivity index (χ0v) is 30.9. The Bertz CT molecular complexity index is 1010. The number of carbonyl (C=O) groups excluding carboxylic acids is 1. The molecule has 8 unspecified atom stereocenters. The molecule has 0 spiro atoms. The Hall–Kier alpha value is -1.48. The van der Waals surface area contributed by atoms with Gasteiger partial charge in [0.2, 0.25) is 5.91 Å². The molecule has 0 aliphatic heterocycles. The van der Waals surface area contributed by atoms with E-state index in [-0.39, 0.29) is 6.42 Å². The van der Waals surface area contributed by atoms with Crippen LogP contribution in [-0.2, 0) is 18.4 Å². The number of phosphoric acid groups is 1. The Morgan fingerprint density at radius 2 is 1.24 bits per heavy atom. The maximum atomic E-state index is 12.7. The molecule has 0 saturated heterocycles. The number of phosphoric ester groups is 1. The fourth-order valence-corrected chi connectivity index (χ4v) is 6.56. The molecular formula is C36H66NO12P. The summed E-state index contributed by atoms with van der Waals surface area (Å²) < 4.78 is 22.4. The standard InChI is InChI=1S/C36H66NO12P/c1-3-5-7-8-9-10-11-12-13-14-15-16-17-18-19-20-22-23-27(38)25-30(40)37-28(29(39)24-21-6-4-2)26-48-50(46,47)49-36-34(44)32(42)31(41)33(43)35(36)45/h9-12,21,24,27-29,31-36,38-39,41-45H,3-8,13-20,22-23,25-26H2,1-2H3,(H,37,40)(H,46,47)/b10-9-,12-11-,24-21+. The normalized spacial score (nSPS) is 26.0. The van der Waals surface area contributed by atoms with Crippen LogP contribution >= 0.6 is 7.82 Å². The third-order valence-corrected chi connectivity index (χ3v) is 9.71. The van der Waals surface area contributed by atoms with Gasteiger partial charge in [0.1, 0.15) is 36.6 Å². The molecule has 14 heteroatoms. The second kappa shape index (κ2) is 27.2. The first-order valence-electron chi connectivity index (χ1n) is 18.5. The van der Waals surface area contributed by atoms with Crippen molar-refractivity contribution in [3.8, 4) is 0 Å². The third-order valence-electron chi connectivity index (χ3n) is 8.73. The Morgan fingerprint density at radius 3 is 1.80 bits per heavy atom. The van der Waals surface area contributed by atoms with Gasteiger partial charge in [-0.25, -0.2) is 4.57 Å². The molecule has 1 fully saturated rings. The van der Waals surface area contributed by atoms with E-state index in [9.17, 15) is 50.0 Å². The Balaban J connectivity index is 2.41. The summed E-state index contributed by atoms with van der Waals surface area (Å²) in [4.78, 5) is 23.0. The van der Waals surface area contributed by atoms with Crippen LogP contribution in [0.3, 0.4) is 0 Å². The molecule has 0 bridgehead atoms. The predicted octanol–water partition coefficient (Wildman–Crippen LogP) is 3.85. The minimum absolute atomic E-state index is 0.253. The van der Waals surface area contributed by atoms with Crippen LogP contribution in [0.2, 0.25) is 0 Å². The quantitative estimate of drug-likeness (QED) is 0.0242. The number of carbonyl (C=O) groups is 1. The third kappa shape index (κ3) is 19.9. The summed E-state index contributed by atoms with van der Waals surface area (Å²) in [6.07, 6.45) is 13.9. The average Bonchev–Trinajstić information content (AvgIpc) is 3.08. The summed E-state index contributed by atoms with van der Waals surface area (Å²) in [5.41, 5.74) is 0.